The normalized spacial score (nSPS) is 10.5. The minimum atomic E-state index is -0.826. The van der Waals surface area contributed by atoms with Crippen molar-refractivity contribution in [1.29, 1.82) is 0 Å². The van der Waals surface area contributed by atoms with E-state index < -0.39 is 28.1 Å². The molecule has 0 saturated heterocycles. The molecule has 0 heterocycles. The number of benzene rings is 2. The number of rotatable bonds is 4. The Morgan fingerprint density at radius 1 is 1.19 bits per heavy atom. The highest BCUT2D eigenvalue weighted by Gasteiger charge is 2.17. The summed E-state index contributed by atoms with van der Waals surface area (Å²) in [4.78, 5) is 21.6. The molecule has 2 rings (SSSR count). The van der Waals surface area contributed by atoms with Crippen molar-refractivity contribution < 1.29 is 18.8 Å². The number of nitrogens with zero attached hydrogens (tertiary/aromatic N) is 1. The van der Waals surface area contributed by atoms with Gasteiger partial charge in [-0.15, -0.1) is 0 Å². The molecular weight excluding hydrogens is 277 g/mol. The lowest BCUT2D eigenvalue weighted by atomic mass is 10.2. The minimum Gasteiger partial charge on any atom is -0.416 e. The molecule has 0 aliphatic carbocycles. The fourth-order valence-electron chi connectivity index (χ4n) is 1.59. The number of ether oxygens (including phenoxy) is 1. The fourth-order valence-corrected chi connectivity index (χ4v) is 1.59. The van der Waals surface area contributed by atoms with Crippen LogP contribution in [0, 0.1) is 15.9 Å². The first-order valence-corrected chi connectivity index (χ1v) is 5.95. The Hall–Kier alpha value is -3.02. The Labute approximate surface area is 119 Å². The fraction of sp³-hybridized carbons (Fsp3) is 0. The first kappa shape index (κ1) is 14.4. The van der Waals surface area contributed by atoms with Gasteiger partial charge in [0, 0.05) is 18.2 Å². The van der Waals surface area contributed by atoms with Gasteiger partial charge in [-0.05, 0) is 17.7 Å². The van der Waals surface area contributed by atoms with Gasteiger partial charge in [0.2, 0.25) is 5.75 Å². The molecule has 2 aromatic rings. The van der Waals surface area contributed by atoms with E-state index in [9.17, 15) is 19.3 Å². The van der Waals surface area contributed by atoms with Crippen LogP contribution >= 0.6 is 0 Å². The van der Waals surface area contributed by atoms with Gasteiger partial charge < -0.3 is 4.74 Å². The van der Waals surface area contributed by atoms with E-state index in [4.69, 9.17) is 4.74 Å². The predicted octanol–water partition coefficient (Wildman–Crippen LogP) is 3.35. The molecule has 0 atom stereocenters. The van der Waals surface area contributed by atoms with Gasteiger partial charge >= 0.3 is 11.7 Å². The molecule has 5 nitrogen and oxygen atoms in total. The second-order valence-corrected chi connectivity index (χ2v) is 4.03. The van der Waals surface area contributed by atoms with Crippen molar-refractivity contribution in [2.24, 2.45) is 0 Å². The Morgan fingerprint density at radius 2 is 1.90 bits per heavy atom. The number of nitro groups is 1. The monoisotopic (exact) mass is 287 g/mol. The number of hydrogen-bond acceptors (Lipinski definition) is 4. The summed E-state index contributed by atoms with van der Waals surface area (Å²) in [5.74, 6) is -1.98. The summed E-state index contributed by atoms with van der Waals surface area (Å²) in [6.45, 7) is 0. The number of carbonyl (C=O) groups excluding carboxylic acids is 1. The van der Waals surface area contributed by atoms with Gasteiger partial charge in [0.15, 0.2) is 0 Å². The highest BCUT2D eigenvalue weighted by atomic mass is 19.1. The van der Waals surface area contributed by atoms with Crippen LogP contribution in [0.2, 0.25) is 0 Å². The average Bonchev–Trinajstić information content (AvgIpc) is 2.46. The third-order valence-corrected chi connectivity index (χ3v) is 2.54. The van der Waals surface area contributed by atoms with E-state index in [1.54, 1.807) is 24.3 Å². The highest BCUT2D eigenvalue weighted by Crippen LogP contribution is 2.27. The van der Waals surface area contributed by atoms with E-state index >= 15 is 0 Å². The molecule has 6 heteroatoms. The van der Waals surface area contributed by atoms with E-state index in [1.165, 1.54) is 6.08 Å². The molecule has 106 valence electrons. The van der Waals surface area contributed by atoms with Gasteiger partial charge in [0.1, 0.15) is 5.82 Å². The second kappa shape index (κ2) is 6.42. The summed E-state index contributed by atoms with van der Waals surface area (Å²) >= 11 is 0. The molecule has 0 bridgehead atoms. The van der Waals surface area contributed by atoms with Crippen LogP contribution in [0.4, 0.5) is 10.1 Å². The first-order valence-electron chi connectivity index (χ1n) is 5.95. The summed E-state index contributed by atoms with van der Waals surface area (Å²) in [6.07, 6.45) is 2.61. The zero-order valence-corrected chi connectivity index (χ0v) is 10.7. The summed E-state index contributed by atoms with van der Waals surface area (Å²) in [5.41, 5.74) is 0.293. The number of hydrogen-bond donors (Lipinski definition) is 0. The number of esters is 1. The highest BCUT2D eigenvalue weighted by molar-refractivity contribution is 5.89. The van der Waals surface area contributed by atoms with Crippen LogP contribution in [-0.2, 0) is 4.79 Å². The molecule has 0 aliphatic rings. The smallest absolute Gasteiger partial charge is 0.336 e. The van der Waals surface area contributed by atoms with Crippen molar-refractivity contribution in [3.8, 4) is 5.75 Å². The van der Waals surface area contributed by atoms with Crippen LogP contribution in [0.25, 0.3) is 6.08 Å². The summed E-state index contributed by atoms with van der Waals surface area (Å²) < 4.78 is 17.9. The lowest BCUT2D eigenvalue weighted by Crippen LogP contribution is -2.06. The Kier molecular flexibility index (Phi) is 4.40. The van der Waals surface area contributed by atoms with E-state index in [-0.39, 0.29) is 0 Å². The molecule has 0 aromatic heterocycles. The zero-order chi connectivity index (χ0) is 15.2. The molecule has 21 heavy (non-hydrogen) atoms. The van der Waals surface area contributed by atoms with Crippen molar-refractivity contribution in [2.75, 3.05) is 0 Å². The largest absolute Gasteiger partial charge is 0.416 e. The Morgan fingerprint density at radius 3 is 2.57 bits per heavy atom. The number of nitro benzene ring substituents is 1. The third kappa shape index (κ3) is 3.97. The van der Waals surface area contributed by atoms with Gasteiger partial charge in [-0.1, -0.05) is 30.3 Å². The van der Waals surface area contributed by atoms with Crippen LogP contribution in [-0.4, -0.2) is 10.9 Å². The number of halogens is 1. The molecule has 0 fully saturated rings. The van der Waals surface area contributed by atoms with Crippen molar-refractivity contribution in [3.63, 3.8) is 0 Å². The lowest BCUT2D eigenvalue weighted by Gasteiger charge is -2.02. The Bertz CT molecular complexity index is 698. The predicted molar refractivity (Wildman–Crippen MR) is 74.2 cm³/mol. The van der Waals surface area contributed by atoms with Gasteiger partial charge in [-0.2, -0.15) is 0 Å². The van der Waals surface area contributed by atoms with Crippen molar-refractivity contribution in [2.45, 2.75) is 0 Å². The molecule has 0 unspecified atom stereocenters. The summed E-state index contributed by atoms with van der Waals surface area (Å²) in [6, 6.07) is 11.6. The van der Waals surface area contributed by atoms with Gasteiger partial charge in [0.25, 0.3) is 0 Å². The third-order valence-electron chi connectivity index (χ3n) is 2.54. The second-order valence-electron chi connectivity index (χ2n) is 4.03. The molecule has 0 aliphatic heterocycles. The van der Waals surface area contributed by atoms with E-state index in [0.29, 0.717) is 0 Å². The maximum Gasteiger partial charge on any atom is 0.336 e. The molecule has 0 spiro atoms. The Balaban J connectivity index is 2.15. The molecule has 0 saturated carbocycles. The van der Waals surface area contributed by atoms with Gasteiger partial charge in [0.05, 0.1) is 4.92 Å². The molecule has 2 aromatic carbocycles. The van der Waals surface area contributed by atoms with Crippen LogP contribution in [0.1, 0.15) is 5.56 Å². The van der Waals surface area contributed by atoms with Crippen molar-refractivity contribution >= 4 is 17.7 Å². The molecule has 0 radical (unpaired) electrons. The van der Waals surface area contributed by atoms with Crippen LogP contribution < -0.4 is 4.74 Å². The van der Waals surface area contributed by atoms with Crippen molar-refractivity contribution in [3.05, 3.63) is 76.1 Å². The van der Waals surface area contributed by atoms with Gasteiger partial charge in [-0.3, -0.25) is 10.1 Å². The SMILES string of the molecule is O=C(C=Cc1ccccc1)Oc1cc(F)ccc1[N+](=O)[O-]. The van der Waals surface area contributed by atoms with Crippen LogP contribution in [0.15, 0.2) is 54.6 Å². The zero-order valence-electron chi connectivity index (χ0n) is 10.7. The van der Waals surface area contributed by atoms with E-state index in [0.717, 1.165) is 29.8 Å². The lowest BCUT2D eigenvalue weighted by molar-refractivity contribution is -0.385. The van der Waals surface area contributed by atoms with Crippen LogP contribution in [0.3, 0.4) is 0 Å². The van der Waals surface area contributed by atoms with Crippen LogP contribution in [0.5, 0.6) is 5.75 Å². The number of carbonyl (C=O) groups is 1. The average molecular weight is 287 g/mol. The summed E-state index contributed by atoms with van der Waals surface area (Å²) in [7, 11) is 0. The van der Waals surface area contributed by atoms with Gasteiger partial charge in [-0.25, -0.2) is 9.18 Å². The maximum absolute atomic E-state index is 13.1. The standard InChI is InChI=1S/C15H10FNO4/c16-12-7-8-13(17(19)20)14(10-12)21-15(18)9-6-11-4-2-1-3-5-11/h1-10H. The molecule has 0 N–H and O–H groups in total. The molecule has 0 amide bonds. The quantitative estimate of drug-likeness (QED) is 0.284. The maximum atomic E-state index is 13.1. The van der Waals surface area contributed by atoms with E-state index in [1.807, 2.05) is 6.07 Å². The van der Waals surface area contributed by atoms with Crippen molar-refractivity contribution in [1.82, 2.24) is 0 Å². The molecular formula is C15H10FNO4. The van der Waals surface area contributed by atoms with E-state index in [2.05, 4.69) is 0 Å². The minimum absolute atomic E-state index is 0.428. The topological polar surface area (TPSA) is 69.4 Å². The summed E-state index contributed by atoms with van der Waals surface area (Å²) in [5, 5.41) is 10.8. The first-order chi connectivity index (χ1) is 10.1.